The summed E-state index contributed by atoms with van der Waals surface area (Å²) in [5.41, 5.74) is 0.602. The predicted octanol–water partition coefficient (Wildman–Crippen LogP) is 4.46. The summed E-state index contributed by atoms with van der Waals surface area (Å²) in [5.74, 6) is -1.66. The van der Waals surface area contributed by atoms with Crippen LogP contribution in [0.25, 0.3) is 0 Å². The number of nitrogens with zero attached hydrogens (tertiary/aromatic N) is 1. The lowest BCUT2D eigenvalue weighted by Gasteiger charge is -2.52. The fraction of sp³-hybridized carbons (Fsp3) is 0.455. The molecule has 2 saturated heterocycles. The number of aliphatic hydroxyl groups is 1. The molecule has 0 aromatic heterocycles. The van der Waals surface area contributed by atoms with E-state index in [2.05, 4.69) is 29.2 Å². The van der Waals surface area contributed by atoms with E-state index in [1.54, 1.807) is 6.07 Å². The maximum absolute atomic E-state index is 14.1. The Morgan fingerprint density at radius 1 is 0.962 bits per heavy atom. The van der Waals surface area contributed by atoms with Crippen LogP contribution in [0.3, 0.4) is 0 Å². The molecule has 2 atom stereocenters. The minimum absolute atomic E-state index is 0.183. The Balaban J connectivity index is 1.52. The van der Waals surface area contributed by atoms with Gasteiger partial charge in [0, 0.05) is 25.0 Å². The molecule has 0 saturated carbocycles. The molecule has 0 radical (unpaired) electrons. The molecule has 0 amide bonds. The molecule has 1 N–H and O–H groups in total. The Bertz CT molecular complexity index is 750. The lowest BCUT2D eigenvalue weighted by atomic mass is 9.73. The van der Waals surface area contributed by atoms with Gasteiger partial charge in [0.15, 0.2) is 11.6 Å². The Morgan fingerprint density at radius 2 is 1.65 bits per heavy atom. The number of rotatable bonds is 4. The normalized spacial score (nSPS) is 28.9. The average molecular weight is 357 g/mol. The van der Waals surface area contributed by atoms with Gasteiger partial charge >= 0.3 is 0 Å². The minimum Gasteiger partial charge on any atom is -0.389 e. The second kappa shape index (κ2) is 7.09. The molecule has 2 aliphatic rings. The average Bonchev–Trinajstić information content (AvgIpc) is 2.61. The number of benzene rings is 2. The first kappa shape index (κ1) is 17.6. The van der Waals surface area contributed by atoms with Crippen LogP contribution in [-0.4, -0.2) is 27.7 Å². The van der Waals surface area contributed by atoms with Crippen molar-refractivity contribution in [3.8, 4) is 0 Å². The van der Waals surface area contributed by atoms with Gasteiger partial charge in [-0.25, -0.2) is 8.78 Å². The number of halogens is 2. The van der Waals surface area contributed by atoms with Crippen LogP contribution in [0.1, 0.15) is 43.2 Å². The third-order valence-electron chi connectivity index (χ3n) is 6.00. The Labute approximate surface area is 153 Å². The smallest absolute Gasteiger partial charge is 0.162 e. The number of piperidine rings is 2. The van der Waals surface area contributed by atoms with Crippen LogP contribution >= 0.6 is 0 Å². The molecule has 4 heteroatoms. The summed E-state index contributed by atoms with van der Waals surface area (Å²) in [6.07, 6.45) is 4.70. The summed E-state index contributed by atoms with van der Waals surface area (Å²) >= 11 is 0. The second-order valence-electron chi connectivity index (χ2n) is 7.92. The summed E-state index contributed by atoms with van der Waals surface area (Å²) in [7, 11) is 0. The van der Waals surface area contributed by atoms with Crippen molar-refractivity contribution >= 4 is 0 Å². The minimum atomic E-state index is -0.961. The molecule has 138 valence electrons. The Hall–Kier alpha value is -1.78. The van der Waals surface area contributed by atoms with Crippen LogP contribution in [-0.2, 0) is 13.0 Å². The van der Waals surface area contributed by atoms with E-state index in [0.29, 0.717) is 24.9 Å². The van der Waals surface area contributed by atoms with Crippen molar-refractivity contribution in [1.82, 2.24) is 4.90 Å². The van der Waals surface area contributed by atoms with Crippen LogP contribution in [0.4, 0.5) is 8.78 Å². The lowest BCUT2D eigenvalue weighted by Crippen LogP contribution is -2.58. The molecular weight excluding hydrogens is 332 g/mol. The highest BCUT2D eigenvalue weighted by molar-refractivity contribution is 5.22. The van der Waals surface area contributed by atoms with Gasteiger partial charge in [0.2, 0.25) is 0 Å². The first-order valence-electron chi connectivity index (χ1n) is 9.49. The molecule has 2 heterocycles. The van der Waals surface area contributed by atoms with Gasteiger partial charge in [0.25, 0.3) is 0 Å². The largest absolute Gasteiger partial charge is 0.389 e. The van der Waals surface area contributed by atoms with Crippen molar-refractivity contribution < 1.29 is 13.9 Å². The standard InChI is InChI=1S/C22H25F2NO/c23-20-11-4-8-17(21(20)24)12-22(26)13-18-9-5-10-19(14-22)25(18)15-16-6-2-1-3-7-16/h1-4,6-8,11,18-19,26H,5,9-10,12-15H2. The van der Waals surface area contributed by atoms with E-state index in [4.69, 9.17) is 0 Å². The van der Waals surface area contributed by atoms with Crippen molar-refractivity contribution in [2.24, 2.45) is 0 Å². The van der Waals surface area contributed by atoms with Crippen LogP contribution in [0.15, 0.2) is 48.5 Å². The lowest BCUT2D eigenvalue weighted by molar-refractivity contribution is -0.0950. The molecule has 0 aliphatic carbocycles. The zero-order chi connectivity index (χ0) is 18.1. The predicted molar refractivity (Wildman–Crippen MR) is 97.7 cm³/mol. The summed E-state index contributed by atoms with van der Waals surface area (Å²) in [6, 6.07) is 15.2. The van der Waals surface area contributed by atoms with Crippen LogP contribution in [0.2, 0.25) is 0 Å². The third kappa shape index (κ3) is 3.53. The van der Waals surface area contributed by atoms with Crippen molar-refractivity contribution in [3.05, 3.63) is 71.3 Å². The summed E-state index contributed by atoms with van der Waals surface area (Å²) < 4.78 is 27.6. The summed E-state index contributed by atoms with van der Waals surface area (Å²) in [5, 5.41) is 11.2. The van der Waals surface area contributed by atoms with E-state index in [9.17, 15) is 13.9 Å². The van der Waals surface area contributed by atoms with Gasteiger partial charge in [-0.15, -0.1) is 0 Å². The SMILES string of the molecule is OC1(Cc2cccc(F)c2F)CC2CCCC(C1)N2Cc1ccccc1. The summed E-state index contributed by atoms with van der Waals surface area (Å²) in [4.78, 5) is 2.51. The fourth-order valence-corrected chi connectivity index (χ4v) is 4.85. The second-order valence-corrected chi connectivity index (χ2v) is 7.92. The van der Waals surface area contributed by atoms with E-state index in [1.807, 2.05) is 6.07 Å². The fourth-order valence-electron chi connectivity index (χ4n) is 4.85. The van der Waals surface area contributed by atoms with Gasteiger partial charge < -0.3 is 5.11 Å². The molecular formula is C22H25F2NO. The number of fused-ring (bicyclic) bond motifs is 2. The first-order chi connectivity index (χ1) is 12.5. The van der Waals surface area contributed by atoms with Gasteiger partial charge in [-0.1, -0.05) is 48.9 Å². The maximum Gasteiger partial charge on any atom is 0.162 e. The number of hydrogen-bond acceptors (Lipinski definition) is 2. The highest BCUT2D eigenvalue weighted by Crippen LogP contribution is 2.41. The van der Waals surface area contributed by atoms with Crippen LogP contribution in [0, 0.1) is 11.6 Å². The van der Waals surface area contributed by atoms with Crippen molar-refractivity contribution in [2.45, 2.75) is 62.8 Å². The molecule has 2 aliphatic heterocycles. The van der Waals surface area contributed by atoms with E-state index in [0.717, 1.165) is 25.5 Å². The highest BCUT2D eigenvalue weighted by Gasteiger charge is 2.45. The van der Waals surface area contributed by atoms with Gasteiger partial charge in [-0.2, -0.15) is 0 Å². The van der Waals surface area contributed by atoms with E-state index >= 15 is 0 Å². The van der Waals surface area contributed by atoms with E-state index < -0.39 is 17.2 Å². The molecule has 2 bridgehead atoms. The van der Waals surface area contributed by atoms with Crippen molar-refractivity contribution in [2.75, 3.05) is 0 Å². The van der Waals surface area contributed by atoms with Gasteiger partial charge in [0.05, 0.1) is 5.60 Å². The highest BCUT2D eigenvalue weighted by atomic mass is 19.2. The van der Waals surface area contributed by atoms with Crippen molar-refractivity contribution in [3.63, 3.8) is 0 Å². The van der Waals surface area contributed by atoms with E-state index in [-0.39, 0.29) is 12.0 Å². The third-order valence-corrected chi connectivity index (χ3v) is 6.00. The molecule has 4 rings (SSSR count). The van der Waals surface area contributed by atoms with Gasteiger partial charge in [-0.05, 0) is 42.9 Å². The van der Waals surface area contributed by atoms with Crippen molar-refractivity contribution in [1.29, 1.82) is 0 Å². The molecule has 2 aromatic rings. The zero-order valence-corrected chi connectivity index (χ0v) is 14.9. The van der Waals surface area contributed by atoms with Gasteiger partial charge in [-0.3, -0.25) is 4.90 Å². The molecule has 2 nitrogen and oxygen atoms in total. The zero-order valence-electron chi connectivity index (χ0n) is 14.9. The topological polar surface area (TPSA) is 23.5 Å². The molecule has 26 heavy (non-hydrogen) atoms. The Kier molecular flexibility index (Phi) is 4.80. The molecule has 2 fully saturated rings. The van der Waals surface area contributed by atoms with Gasteiger partial charge in [0.1, 0.15) is 0 Å². The van der Waals surface area contributed by atoms with Crippen LogP contribution in [0.5, 0.6) is 0 Å². The quantitative estimate of drug-likeness (QED) is 0.874. The molecule has 2 unspecified atom stereocenters. The van der Waals surface area contributed by atoms with E-state index in [1.165, 1.54) is 18.1 Å². The monoisotopic (exact) mass is 357 g/mol. The summed E-state index contributed by atoms with van der Waals surface area (Å²) in [6.45, 7) is 0.889. The van der Waals surface area contributed by atoms with Crippen LogP contribution < -0.4 is 0 Å². The Morgan fingerprint density at radius 3 is 2.35 bits per heavy atom. The number of hydrogen-bond donors (Lipinski definition) is 1. The molecule has 0 spiro atoms. The first-order valence-corrected chi connectivity index (χ1v) is 9.49. The maximum atomic E-state index is 14.1. The molecule has 2 aromatic carbocycles.